The van der Waals surface area contributed by atoms with Gasteiger partial charge in [0.15, 0.2) is 0 Å². The second kappa shape index (κ2) is 6.59. The van der Waals surface area contributed by atoms with Crippen molar-refractivity contribution in [3.63, 3.8) is 0 Å². The van der Waals surface area contributed by atoms with Crippen molar-refractivity contribution in [1.82, 2.24) is 10.5 Å². The number of hydrogen-bond donors (Lipinski definition) is 2. The average Bonchev–Trinajstić information content (AvgIpc) is 3.23. The number of rotatable bonds is 5. The molecule has 1 amide bonds. The molecule has 0 radical (unpaired) electrons. The number of amides is 1. The summed E-state index contributed by atoms with van der Waals surface area (Å²) in [6.07, 6.45) is 0. The summed E-state index contributed by atoms with van der Waals surface area (Å²) >= 11 is 1.45. The Labute approximate surface area is 143 Å². The maximum Gasteiger partial charge on any atom is 0.257 e. The molecule has 0 aliphatic carbocycles. The Balaban J connectivity index is 1.80. The molecule has 1 atom stereocenters. The molecule has 1 aromatic carbocycles. The second-order valence-electron chi connectivity index (χ2n) is 5.76. The Morgan fingerprint density at radius 2 is 2.04 bits per heavy atom. The van der Waals surface area contributed by atoms with Gasteiger partial charge in [0.2, 0.25) is 0 Å². The fourth-order valence-electron chi connectivity index (χ4n) is 2.45. The number of nitrogens with zero attached hydrogens (tertiary/aromatic N) is 1. The van der Waals surface area contributed by atoms with Crippen LogP contribution in [0.1, 0.15) is 27.9 Å². The van der Waals surface area contributed by atoms with Crippen LogP contribution in [0.2, 0.25) is 0 Å². The average molecular weight is 342 g/mol. The molecule has 5 nitrogen and oxygen atoms in total. The van der Waals surface area contributed by atoms with Crippen LogP contribution in [0.5, 0.6) is 0 Å². The zero-order valence-corrected chi connectivity index (χ0v) is 14.3. The number of carbonyl (C=O) groups is 1. The minimum Gasteiger partial charge on any atom is -0.383 e. The van der Waals surface area contributed by atoms with E-state index in [4.69, 9.17) is 4.52 Å². The molecule has 0 fully saturated rings. The van der Waals surface area contributed by atoms with E-state index in [2.05, 4.69) is 10.5 Å². The molecule has 0 bridgehead atoms. The van der Waals surface area contributed by atoms with Gasteiger partial charge in [0.1, 0.15) is 22.6 Å². The highest BCUT2D eigenvalue weighted by Crippen LogP contribution is 2.27. The first-order valence-corrected chi connectivity index (χ1v) is 8.43. The molecule has 3 aromatic rings. The van der Waals surface area contributed by atoms with Gasteiger partial charge in [0.05, 0.1) is 6.54 Å². The normalized spacial score (nSPS) is 13.5. The van der Waals surface area contributed by atoms with E-state index in [0.29, 0.717) is 17.0 Å². The van der Waals surface area contributed by atoms with E-state index in [1.165, 1.54) is 11.3 Å². The van der Waals surface area contributed by atoms with Crippen molar-refractivity contribution in [2.45, 2.75) is 19.4 Å². The number of aromatic nitrogens is 1. The lowest BCUT2D eigenvalue weighted by Gasteiger charge is -2.22. The molecular weight excluding hydrogens is 324 g/mol. The van der Waals surface area contributed by atoms with Gasteiger partial charge in [-0.3, -0.25) is 4.79 Å². The Hall–Kier alpha value is -2.44. The van der Waals surface area contributed by atoms with Crippen LogP contribution in [0.3, 0.4) is 0 Å². The molecule has 1 unspecified atom stereocenters. The predicted molar refractivity (Wildman–Crippen MR) is 92.9 cm³/mol. The van der Waals surface area contributed by atoms with E-state index < -0.39 is 5.60 Å². The standard InChI is InChI=1S/C18H18N2O3S/c1-12-15(16(20-23-12)13-7-4-3-5-8-13)17(21)19-11-18(2,22)14-9-6-10-24-14/h3-10,22H,11H2,1-2H3,(H,19,21). The van der Waals surface area contributed by atoms with Gasteiger partial charge in [-0.15, -0.1) is 11.3 Å². The van der Waals surface area contributed by atoms with Gasteiger partial charge in [0, 0.05) is 10.4 Å². The molecule has 0 spiro atoms. The van der Waals surface area contributed by atoms with Crippen LogP contribution in [0.4, 0.5) is 0 Å². The quantitative estimate of drug-likeness (QED) is 0.745. The fraction of sp³-hybridized carbons (Fsp3) is 0.222. The maximum absolute atomic E-state index is 12.6. The third-order valence-electron chi connectivity index (χ3n) is 3.78. The minimum absolute atomic E-state index is 0.102. The van der Waals surface area contributed by atoms with Crippen molar-refractivity contribution in [2.24, 2.45) is 0 Å². The summed E-state index contributed by atoms with van der Waals surface area (Å²) < 4.78 is 5.20. The van der Waals surface area contributed by atoms with Crippen LogP contribution < -0.4 is 5.32 Å². The Morgan fingerprint density at radius 3 is 2.71 bits per heavy atom. The third-order valence-corrected chi connectivity index (χ3v) is 4.91. The van der Waals surface area contributed by atoms with Crippen molar-refractivity contribution in [3.05, 3.63) is 64.0 Å². The second-order valence-corrected chi connectivity index (χ2v) is 6.71. The number of aryl methyl sites for hydroxylation is 1. The van der Waals surface area contributed by atoms with E-state index in [1.54, 1.807) is 13.8 Å². The maximum atomic E-state index is 12.6. The lowest BCUT2D eigenvalue weighted by atomic mass is 10.0. The number of aliphatic hydroxyl groups is 1. The van der Waals surface area contributed by atoms with Gasteiger partial charge in [-0.2, -0.15) is 0 Å². The summed E-state index contributed by atoms with van der Waals surface area (Å²) in [6, 6.07) is 13.1. The van der Waals surface area contributed by atoms with E-state index in [0.717, 1.165) is 10.4 Å². The van der Waals surface area contributed by atoms with Crippen LogP contribution >= 0.6 is 11.3 Å². The smallest absolute Gasteiger partial charge is 0.257 e. The van der Waals surface area contributed by atoms with Crippen LogP contribution in [0.25, 0.3) is 11.3 Å². The van der Waals surface area contributed by atoms with E-state index in [-0.39, 0.29) is 12.5 Å². The van der Waals surface area contributed by atoms with Gasteiger partial charge in [-0.1, -0.05) is 41.6 Å². The summed E-state index contributed by atoms with van der Waals surface area (Å²) in [5, 5.41) is 19.2. The van der Waals surface area contributed by atoms with E-state index >= 15 is 0 Å². The zero-order valence-electron chi connectivity index (χ0n) is 13.4. The highest BCUT2D eigenvalue weighted by atomic mass is 32.1. The van der Waals surface area contributed by atoms with E-state index in [1.807, 2.05) is 47.8 Å². The van der Waals surface area contributed by atoms with Gasteiger partial charge < -0.3 is 14.9 Å². The SMILES string of the molecule is Cc1onc(-c2ccccc2)c1C(=O)NCC(C)(O)c1cccs1. The number of hydrogen-bond acceptors (Lipinski definition) is 5. The minimum atomic E-state index is -1.12. The number of nitrogens with one attached hydrogen (secondary N) is 1. The van der Waals surface area contributed by atoms with Crippen molar-refractivity contribution >= 4 is 17.2 Å². The Bertz CT molecular complexity index is 823. The Morgan fingerprint density at radius 1 is 1.29 bits per heavy atom. The van der Waals surface area contributed by atoms with Crippen LogP contribution in [-0.4, -0.2) is 22.7 Å². The first-order chi connectivity index (χ1) is 11.5. The topological polar surface area (TPSA) is 75.4 Å². The molecule has 3 rings (SSSR count). The molecule has 124 valence electrons. The lowest BCUT2D eigenvalue weighted by molar-refractivity contribution is 0.0556. The van der Waals surface area contributed by atoms with Gasteiger partial charge in [-0.25, -0.2) is 0 Å². The summed E-state index contributed by atoms with van der Waals surface area (Å²) in [5.74, 6) is 0.131. The highest BCUT2D eigenvalue weighted by molar-refractivity contribution is 7.10. The number of benzene rings is 1. The predicted octanol–water partition coefficient (Wildman–Crippen LogP) is 3.35. The van der Waals surface area contributed by atoms with E-state index in [9.17, 15) is 9.90 Å². The highest BCUT2D eigenvalue weighted by Gasteiger charge is 2.27. The van der Waals surface area contributed by atoms with Crippen molar-refractivity contribution in [1.29, 1.82) is 0 Å². The number of thiophene rings is 1. The van der Waals surface area contributed by atoms with Gasteiger partial charge >= 0.3 is 0 Å². The molecule has 2 heterocycles. The molecule has 2 N–H and O–H groups in total. The fourth-order valence-corrected chi connectivity index (χ4v) is 3.23. The molecule has 0 aliphatic rings. The number of carbonyl (C=O) groups excluding carboxylic acids is 1. The van der Waals surface area contributed by atoms with Crippen LogP contribution in [0, 0.1) is 6.92 Å². The molecule has 2 aromatic heterocycles. The zero-order chi connectivity index (χ0) is 17.2. The molecule has 0 aliphatic heterocycles. The molecule has 0 saturated carbocycles. The van der Waals surface area contributed by atoms with Crippen molar-refractivity contribution in [2.75, 3.05) is 6.54 Å². The van der Waals surface area contributed by atoms with Crippen LogP contribution in [0.15, 0.2) is 52.4 Å². The molecule has 24 heavy (non-hydrogen) atoms. The van der Waals surface area contributed by atoms with Crippen molar-refractivity contribution < 1.29 is 14.4 Å². The first-order valence-electron chi connectivity index (χ1n) is 7.55. The molecule has 6 heteroatoms. The third kappa shape index (κ3) is 3.25. The Kier molecular flexibility index (Phi) is 4.51. The largest absolute Gasteiger partial charge is 0.383 e. The lowest BCUT2D eigenvalue weighted by Crippen LogP contribution is -2.38. The summed E-state index contributed by atoms with van der Waals surface area (Å²) in [6.45, 7) is 3.48. The van der Waals surface area contributed by atoms with Gasteiger partial charge in [-0.05, 0) is 25.3 Å². The van der Waals surface area contributed by atoms with Gasteiger partial charge in [0.25, 0.3) is 5.91 Å². The van der Waals surface area contributed by atoms with Crippen molar-refractivity contribution in [3.8, 4) is 11.3 Å². The molecule has 0 saturated heterocycles. The first kappa shape index (κ1) is 16.4. The summed E-state index contributed by atoms with van der Waals surface area (Å²) in [7, 11) is 0. The van der Waals surface area contributed by atoms with Crippen LogP contribution in [-0.2, 0) is 5.60 Å². The molecular formula is C18H18N2O3S. The monoisotopic (exact) mass is 342 g/mol. The summed E-state index contributed by atoms with van der Waals surface area (Å²) in [4.78, 5) is 13.4. The summed E-state index contributed by atoms with van der Waals surface area (Å²) in [5.41, 5.74) is 0.580.